The van der Waals surface area contributed by atoms with E-state index in [2.05, 4.69) is 62.4 Å². The van der Waals surface area contributed by atoms with Crippen molar-refractivity contribution < 1.29 is 47.3 Å². The fourth-order valence-electron chi connectivity index (χ4n) is 2.32. The molecule has 0 radical (unpaired) electrons. The van der Waals surface area contributed by atoms with Gasteiger partial charge in [0.15, 0.2) is 17.3 Å². The molecule has 0 aromatic heterocycles. The lowest BCUT2D eigenvalue weighted by molar-refractivity contribution is -0.597. The number of aryl methyl sites for hydroxylation is 2. The van der Waals surface area contributed by atoms with Crippen LogP contribution in [0, 0.1) is 7.14 Å². The third-order valence-corrected chi connectivity index (χ3v) is 7.22. The van der Waals surface area contributed by atoms with Gasteiger partial charge in [-0.25, -0.2) is 8.42 Å². The van der Waals surface area contributed by atoms with Crippen molar-refractivity contribution >= 4 is 10.1 Å². The van der Waals surface area contributed by atoms with E-state index in [1.807, 2.05) is 0 Å². The SMILES string of the molecule is CCCCc1ccc([I+]c2ccc(CCCC)cc2)cc1.O=S(=O)([O-])C(F)(F)F. The highest BCUT2D eigenvalue weighted by Crippen LogP contribution is 2.20. The molecule has 0 aliphatic rings. The van der Waals surface area contributed by atoms with Crippen molar-refractivity contribution in [2.24, 2.45) is 0 Å². The zero-order chi connectivity index (χ0) is 21.9. The molecule has 29 heavy (non-hydrogen) atoms. The lowest BCUT2D eigenvalue weighted by Crippen LogP contribution is -3.61. The van der Waals surface area contributed by atoms with Crippen LogP contribution in [0.5, 0.6) is 0 Å². The van der Waals surface area contributed by atoms with E-state index < -0.39 is 15.6 Å². The summed E-state index contributed by atoms with van der Waals surface area (Å²) in [6.45, 7) is 4.51. The highest BCUT2D eigenvalue weighted by molar-refractivity contribution is 7.86. The summed E-state index contributed by atoms with van der Waals surface area (Å²) in [5.41, 5.74) is -2.67. The van der Waals surface area contributed by atoms with Gasteiger partial charge in [0.2, 0.25) is 0 Å². The molecule has 8 heteroatoms. The average molecular weight is 542 g/mol. The second-order valence-corrected chi connectivity index (χ2v) is 10.9. The number of benzene rings is 2. The Morgan fingerprint density at radius 3 is 1.34 bits per heavy atom. The summed E-state index contributed by atoms with van der Waals surface area (Å²) in [5, 5.41) is 0. The normalized spacial score (nSPS) is 11.7. The Balaban J connectivity index is 0.000000447. The molecule has 0 spiro atoms. The molecule has 0 unspecified atom stereocenters. The third kappa shape index (κ3) is 10.5. The van der Waals surface area contributed by atoms with Gasteiger partial charge in [-0.2, -0.15) is 13.2 Å². The van der Waals surface area contributed by atoms with Crippen LogP contribution in [0.15, 0.2) is 48.5 Å². The van der Waals surface area contributed by atoms with Gasteiger partial charge in [-0.05, 0) is 61.1 Å². The third-order valence-electron chi connectivity index (χ3n) is 3.97. The average Bonchev–Trinajstić information content (AvgIpc) is 2.66. The number of unbranched alkanes of at least 4 members (excludes halogenated alkanes) is 2. The first kappa shape index (κ1) is 25.9. The van der Waals surface area contributed by atoms with Crippen molar-refractivity contribution in [2.75, 3.05) is 0 Å². The Bertz CT molecular complexity index is 768. The maximum atomic E-state index is 10.7. The molecule has 0 saturated carbocycles. The van der Waals surface area contributed by atoms with Crippen molar-refractivity contribution in [1.82, 2.24) is 0 Å². The highest BCUT2D eigenvalue weighted by atomic mass is 127. The standard InChI is InChI=1S/C20H26I.CHF3O3S/c1-3-5-7-17-9-13-19(14-10-17)21-20-15-11-18(12-16-20)8-6-4-2;2-1(3,4)8(5,6)7/h9-16H,3-8H2,1-2H3;(H,5,6,7)/q+1;/p-1. The summed E-state index contributed by atoms with van der Waals surface area (Å²) in [6, 6.07) is 18.6. The van der Waals surface area contributed by atoms with Crippen LogP contribution >= 0.6 is 0 Å². The minimum atomic E-state index is -6.09. The summed E-state index contributed by atoms with van der Waals surface area (Å²) < 4.78 is 61.9. The van der Waals surface area contributed by atoms with Crippen molar-refractivity contribution in [3.05, 3.63) is 66.8 Å². The predicted octanol–water partition coefficient (Wildman–Crippen LogP) is 2.55. The zero-order valence-electron chi connectivity index (χ0n) is 16.5. The molecule has 3 nitrogen and oxygen atoms in total. The summed E-state index contributed by atoms with van der Waals surface area (Å²) in [6.07, 6.45) is 7.60. The monoisotopic (exact) mass is 542 g/mol. The molecule has 2 aromatic rings. The number of hydrogen-bond acceptors (Lipinski definition) is 3. The molecule has 162 valence electrons. The molecule has 0 fully saturated rings. The first-order valence-corrected chi connectivity index (χ1v) is 13.0. The van der Waals surface area contributed by atoms with Gasteiger partial charge in [-0.15, -0.1) is 0 Å². The van der Waals surface area contributed by atoms with Crippen LogP contribution in [0.25, 0.3) is 0 Å². The topological polar surface area (TPSA) is 57.2 Å². The maximum absolute atomic E-state index is 10.7. The molecule has 2 rings (SSSR count). The number of hydrogen-bond donors (Lipinski definition) is 0. The molecular formula is C21H26F3IO3S. The largest absolute Gasteiger partial charge is 0.741 e. The van der Waals surface area contributed by atoms with Gasteiger partial charge in [0.25, 0.3) is 0 Å². The summed E-state index contributed by atoms with van der Waals surface area (Å²) in [5.74, 6) is 0. The predicted molar refractivity (Wildman–Crippen MR) is 103 cm³/mol. The second-order valence-electron chi connectivity index (χ2n) is 6.45. The van der Waals surface area contributed by atoms with E-state index in [1.165, 1.54) is 56.8 Å². The lowest BCUT2D eigenvalue weighted by atomic mass is 10.1. The van der Waals surface area contributed by atoms with Crippen LogP contribution in [0.4, 0.5) is 13.2 Å². The molecule has 0 aliphatic carbocycles. The fraction of sp³-hybridized carbons (Fsp3) is 0.429. The van der Waals surface area contributed by atoms with E-state index in [4.69, 9.17) is 13.0 Å². The van der Waals surface area contributed by atoms with E-state index in [0.717, 1.165) is 0 Å². The van der Waals surface area contributed by atoms with Gasteiger partial charge in [-0.3, -0.25) is 0 Å². The van der Waals surface area contributed by atoms with Gasteiger partial charge in [0.05, 0.1) is 0 Å². The van der Waals surface area contributed by atoms with E-state index in [1.54, 1.807) is 0 Å². The summed E-state index contributed by atoms with van der Waals surface area (Å²) in [4.78, 5) is 0. The number of alkyl halides is 3. The maximum Gasteiger partial charge on any atom is 0.485 e. The lowest BCUT2D eigenvalue weighted by Gasteiger charge is -2.08. The molecule has 0 aliphatic heterocycles. The molecule has 2 aromatic carbocycles. The van der Waals surface area contributed by atoms with Crippen LogP contribution in [0.1, 0.15) is 50.7 Å². The van der Waals surface area contributed by atoms with E-state index in [-0.39, 0.29) is 21.2 Å². The molecule has 0 amide bonds. The molecular weight excluding hydrogens is 516 g/mol. The van der Waals surface area contributed by atoms with Crippen molar-refractivity contribution in [1.29, 1.82) is 0 Å². The van der Waals surface area contributed by atoms with Crippen molar-refractivity contribution in [2.45, 2.75) is 57.9 Å². The van der Waals surface area contributed by atoms with Gasteiger partial charge in [0.1, 0.15) is 0 Å². The Morgan fingerprint density at radius 1 is 0.793 bits per heavy atom. The first-order chi connectivity index (χ1) is 13.6. The smallest absolute Gasteiger partial charge is 0.485 e. The summed E-state index contributed by atoms with van der Waals surface area (Å²) >= 11 is -0.0240. The van der Waals surface area contributed by atoms with E-state index in [0.29, 0.717) is 0 Å². The Kier molecular flexibility index (Phi) is 11.2. The van der Waals surface area contributed by atoms with E-state index in [9.17, 15) is 13.2 Å². The van der Waals surface area contributed by atoms with Gasteiger partial charge in [0, 0.05) is 0 Å². The minimum absolute atomic E-state index is 0.0240. The van der Waals surface area contributed by atoms with Crippen LogP contribution in [0.3, 0.4) is 0 Å². The zero-order valence-corrected chi connectivity index (χ0v) is 19.5. The quantitative estimate of drug-likeness (QED) is 0.293. The Hall–Kier alpha value is -1.13. The molecule has 0 saturated heterocycles. The van der Waals surface area contributed by atoms with E-state index >= 15 is 0 Å². The Labute approximate surface area is 181 Å². The molecule has 0 atom stereocenters. The Morgan fingerprint density at radius 2 is 1.10 bits per heavy atom. The van der Waals surface area contributed by atoms with Crippen LogP contribution in [-0.4, -0.2) is 18.5 Å². The number of halogens is 4. The fourth-order valence-corrected chi connectivity index (χ4v) is 4.47. The summed E-state index contributed by atoms with van der Waals surface area (Å²) in [7, 11) is -6.09. The van der Waals surface area contributed by atoms with Crippen molar-refractivity contribution in [3.63, 3.8) is 0 Å². The molecule has 0 bridgehead atoms. The van der Waals surface area contributed by atoms with Gasteiger partial charge < -0.3 is 4.55 Å². The number of rotatable bonds is 8. The van der Waals surface area contributed by atoms with Crippen LogP contribution in [-0.2, 0) is 23.0 Å². The molecule has 0 N–H and O–H groups in total. The van der Waals surface area contributed by atoms with Crippen LogP contribution < -0.4 is 21.2 Å². The second kappa shape index (κ2) is 12.5. The highest BCUT2D eigenvalue weighted by Gasteiger charge is 2.36. The minimum Gasteiger partial charge on any atom is -0.741 e. The van der Waals surface area contributed by atoms with Crippen LogP contribution in [0.2, 0.25) is 0 Å². The van der Waals surface area contributed by atoms with Crippen molar-refractivity contribution in [3.8, 4) is 0 Å². The van der Waals surface area contributed by atoms with Gasteiger partial charge >= 0.3 is 26.7 Å². The molecule has 0 heterocycles. The first-order valence-electron chi connectivity index (χ1n) is 9.41. The van der Waals surface area contributed by atoms with Gasteiger partial charge in [-0.1, -0.05) is 51.0 Å².